The van der Waals surface area contributed by atoms with Crippen LogP contribution in [0.2, 0.25) is 0 Å². The molecule has 104 valence electrons. The van der Waals surface area contributed by atoms with Crippen LogP contribution in [0.25, 0.3) is 0 Å². The molecule has 5 nitrogen and oxygen atoms in total. The minimum atomic E-state index is 0.0980. The molecule has 2 aliphatic heterocycles. The fourth-order valence-electron chi connectivity index (χ4n) is 3.33. The summed E-state index contributed by atoms with van der Waals surface area (Å²) in [6.45, 7) is 3.10. The second kappa shape index (κ2) is 4.96. The normalized spacial score (nSPS) is 23.5. The number of nitrogens with one attached hydrogen (secondary N) is 1. The smallest absolute Gasteiger partial charge is 0.220 e. The van der Waals surface area contributed by atoms with Gasteiger partial charge in [0.2, 0.25) is 5.91 Å². The van der Waals surface area contributed by atoms with Crippen molar-refractivity contribution in [2.75, 3.05) is 13.1 Å². The summed E-state index contributed by atoms with van der Waals surface area (Å²) in [4.78, 5) is 14.0. The molecule has 0 saturated carbocycles. The summed E-state index contributed by atoms with van der Waals surface area (Å²) in [6, 6.07) is 0. The molecule has 1 aromatic heterocycles. The molecule has 2 aliphatic rings. The Morgan fingerprint density at radius 1 is 1.37 bits per heavy atom. The van der Waals surface area contributed by atoms with E-state index >= 15 is 0 Å². The molecule has 2 fully saturated rings. The van der Waals surface area contributed by atoms with Crippen LogP contribution in [-0.4, -0.2) is 39.2 Å². The van der Waals surface area contributed by atoms with Gasteiger partial charge in [-0.05, 0) is 25.7 Å². The average molecular weight is 262 g/mol. The van der Waals surface area contributed by atoms with Crippen LogP contribution in [0, 0.1) is 0 Å². The quantitative estimate of drug-likeness (QED) is 0.867. The van der Waals surface area contributed by atoms with Gasteiger partial charge in [0.15, 0.2) is 0 Å². The first-order valence-corrected chi connectivity index (χ1v) is 7.16. The van der Waals surface area contributed by atoms with E-state index < -0.39 is 0 Å². The Balaban J connectivity index is 1.55. The maximum absolute atomic E-state index is 11.6. The SMILES string of the molecule is Cn1cc(CN2CCC3(CCCC(=O)N3)CC2)cn1. The minimum absolute atomic E-state index is 0.0980. The van der Waals surface area contributed by atoms with Crippen LogP contribution in [0.4, 0.5) is 0 Å². The number of hydrogen-bond acceptors (Lipinski definition) is 3. The zero-order valence-electron chi connectivity index (χ0n) is 11.6. The molecule has 1 N–H and O–H groups in total. The molecule has 1 aromatic rings. The van der Waals surface area contributed by atoms with E-state index in [0.717, 1.165) is 45.3 Å². The summed E-state index contributed by atoms with van der Waals surface area (Å²) < 4.78 is 1.85. The second-order valence-electron chi connectivity index (χ2n) is 5.98. The number of hydrogen-bond donors (Lipinski definition) is 1. The number of nitrogens with zero attached hydrogens (tertiary/aromatic N) is 3. The zero-order valence-corrected chi connectivity index (χ0v) is 11.6. The number of aryl methyl sites for hydroxylation is 1. The number of carbonyl (C=O) groups excluding carboxylic acids is 1. The van der Waals surface area contributed by atoms with Crippen LogP contribution in [0.3, 0.4) is 0 Å². The van der Waals surface area contributed by atoms with E-state index in [4.69, 9.17) is 0 Å². The van der Waals surface area contributed by atoms with Crippen molar-refractivity contribution in [1.29, 1.82) is 0 Å². The van der Waals surface area contributed by atoms with Crippen LogP contribution >= 0.6 is 0 Å². The summed E-state index contributed by atoms with van der Waals surface area (Å²) >= 11 is 0. The van der Waals surface area contributed by atoms with Crippen molar-refractivity contribution >= 4 is 5.91 Å². The Labute approximate surface area is 114 Å². The van der Waals surface area contributed by atoms with E-state index in [1.807, 2.05) is 17.9 Å². The third-order valence-electron chi connectivity index (χ3n) is 4.44. The summed E-state index contributed by atoms with van der Waals surface area (Å²) in [5.41, 5.74) is 1.37. The first-order valence-electron chi connectivity index (χ1n) is 7.16. The van der Waals surface area contributed by atoms with Crippen molar-refractivity contribution in [3.05, 3.63) is 18.0 Å². The van der Waals surface area contributed by atoms with Crippen molar-refractivity contribution in [2.45, 2.75) is 44.2 Å². The molecular formula is C14H22N4O. The Morgan fingerprint density at radius 2 is 2.16 bits per heavy atom. The molecule has 0 radical (unpaired) electrons. The van der Waals surface area contributed by atoms with E-state index in [9.17, 15) is 4.79 Å². The van der Waals surface area contributed by atoms with Gasteiger partial charge in [-0.1, -0.05) is 0 Å². The average Bonchev–Trinajstić information content (AvgIpc) is 2.78. The highest BCUT2D eigenvalue weighted by Gasteiger charge is 2.37. The van der Waals surface area contributed by atoms with E-state index in [0.29, 0.717) is 6.42 Å². The van der Waals surface area contributed by atoms with E-state index in [2.05, 4.69) is 21.5 Å². The summed E-state index contributed by atoms with van der Waals surface area (Å²) in [5.74, 6) is 0.243. The first-order chi connectivity index (χ1) is 9.15. The van der Waals surface area contributed by atoms with Crippen LogP contribution in [0.1, 0.15) is 37.7 Å². The molecule has 1 spiro atoms. The fourth-order valence-corrected chi connectivity index (χ4v) is 3.33. The molecule has 0 unspecified atom stereocenters. The lowest BCUT2D eigenvalue weighted by Gasteiger charge is -2.44. The Bertz CT molecular complexity index is 460. The maximum atomic E-state index is 11.6. The molecule has 3 rings (SSSR count). The first kappa shape index (κ1) is 12.7. The molecule has 19 heavy (non-hydrogen) atoms. The molecule has 3 heterocycles. The van der Waals surface area contributed by atoms with Crippen molar-refractivity contribution in [3.63, 3.8) is 0 Å². The highest BCUT2D eigenvalue weighted by molar-refractivity contribution is 5.77. The molecule has 1 amide bonds. The van der Waals surface area contributed by atoms with Crippen molar-refractivity contribution in [2.24, 2.45) is 7.05 Å². The lowest BCUT2D eigenvalue weighted by Crippen LogP contribution is -2.57. The molecule has 2 saturated heterocycles. The van der Waals surface area contributed by atoms with Gasteiger partial charge >= 0.3 is 0 Å². The predicted octanol–water partition coefficient (Wildman–Crippen LogP) is 1.05. The van der Waals surface area contributed by atoms with Gasteiger partial charge < -0.3 is 5.32 Å². The molecule has 0 bridgehead atoms. The third-order valence-corrected chi connectivity index (χ3v) is 4.44. The van der Waals surface area contributed by atoms with Gasteiger partial charge in [-0.15, -0.1) is 0 Å². The number of piperidine rings is 2. The lowest BCUT2D eigenvalue weighted by molar-refractivity contribution is -0.126. The summed E-state index contributed by atoms with van der Waals surface area (Å²) in [7, 11) is 1.95. The predicted molar refractivity (Wildman–Crippen MR) is 72.4 cm³/mol. The van der Waals surface area contributed by atoms with Crippen LogP contribution in [0.5, 0.6) is 0 Å². The number of carbonyl (C=O) groups is 1. The van der Waals surface area contributed by atoms with Crippen molar-refractivity contribution in [3.8, 4) is 0 Å². The molecule has 0 aromatic carbocycles. The van der Waals surface area contributed by atoms with Gasteiger partial charge in [0.25, 0.3) is 0 Å². The standard InChI is InChI=1S/C14H22N4O/c1-17-10-12(9-15-17)11-18-7-5-14(6-8-18)4-2-3-13(19)16-14/h9-10H,2-8,11H2,1H3,(H,16,19). The number of aromatic nitrogens is 2. The largest absolute Gasteiger partial charge is 0.351 e. The Hall–Kier alpha value is -1.36. The van der Waals surface area contributed by atoms with Gasteiger partial charge in [-0.25, -0.2) is 0 Å². The van der Waals surface area contributed by atoms with E-state index in [1.54, 1.807) is 0 Å². The Morgan fingerprint density at radius 3 is 2.79 bits per heavy atom. The van der Waals surface area contributed by atoms with E-state index in [-0.39, 0.29) is 11.4 Å². The fraction of sp³-hybridized carbons (Fsp3) is 0.714. The van der Waals surface area contributed by atoms with Gasteiger partial charge in [-0.2, -0.15) is 5.10 Å². The topological polar surface area (TPSA) is 50.2 Å². The second-order valence-corrected chi connectivity index (χ2v) is 5.98. The maximum Gasteiger partial charge on any atom is 0.220 e. The highest BCUT2D eigenvalue weighted by Crippen LogP contribution is 2.31. The van der Waals surface area contributed by atoms with Crippen molar-refractivity contribution in [1.82, 2.24) is 20.0 Å². The third kappa shape index (κ3) is 2.81. The lowest BCUT2D eigenvalue weighted by atomic mass is 9.80. The number of amides is 1. The van der Waals surface area contributed by atoms with Crippen LogP contribution in [0.15, 0.2) is 12.4 Å². The summed E-state index contributed by atoms with van der Waals surface area (Å²) in [6.07, 6.45) is 9.09. The summed E-state index contributed by atoms with van der Waals surface area (Å²) in [5, 5.41) is 7.45. The molecule has 0 atom stereocenters. The molecular weight excluding hydrogens is 240 g/mol. The molecule has 0 aliphatic carbocycles. The zero-order chi connectivity index (χ0) is 13.3. The van der Waals surface area contributed by atoms with Crippen LogP contribution in [-0.2, 0) is 18.4 Å². The Kier molecular flexibility index (Phi) is 3.31. The highest BCUT2D eigenvalue weighted by atomic mass is 16.1. The van der Waals surface area contributed by atoms with Crippen LogP contribution < -0.4 is 5.32 Å². The van der Waals surface area contributed by atoms with Gasteiger partial charge in [0.1, 0.15) is 0 Å². The minimum Gasteiger partial charge on any atom is -0.351 e. The van der Waals surface area contributed by atoms with Crippen molar-refractivity contribution < 1.29 is 4.79 Å². The van der Waals surface area contributed by atoms with Gasteiger partial charge in [0.05, 0.1) is 6.20 Å². The van der Waals surface area contributed by atoms with Gasteiger partial charge in [-0.3, -0.25) is 14.4 Å². The molecule has 5 heteroatoms. The van der Waals surface area contributed by atoms with Gasteiger partial charge in [0, 0.05) is 50.4 Å². The number of likely N-dealkylation sites (tertiary alicyclic amines) is 1. The monoisotopic (exact) mass is 262 g/mol. The van der Waals surface area contributed by atoms with E-state index in [1.165, 1.54) is 5.56 Å². The number of rotatable bonds is 2.